The van der Waals surface area contributed by atoms with Crippen LogP contribution >= 0.6 is 11.6 Å². The summed E-state index contributed by atoms with van der Waals surface area (Å²) in [6.07, 6.45) is -0.858. The maximum absolute atomic E-state index is 14.7. The Morgan fingerprint density at radius 2 is 1.97 bits per heavy atom. The van der Waals surface area contributed by atoms with Gasteiger partial charge in [0.15, 0.2) is 0 Å². The van der Waals surface area contributed by atoms with Crippen LogP contribution in [0.4, 0.5) is 14.5 Å². The van der Waals surface area contributed by atoms with E-state index in [1.165, 1.54) is 4.90 Å². The van der Waals surface area contributed by atoms with Gasteiger partial charge in [-0.1, -0.05) is 23.2 Å². The van der Waals surface area contributed by atoms with E-state index in [1.54, 1.807) is 12.1 Å². The van der Waals surface area contributed by atoms with Crippen LogP contribution in [0, 0.1) is 24.5 Å². The molecule has 0 bridgehead atoms. The highest BCUT2D eigenvalue weighted by Crippen LogP contribution is 2.33. The smallest absolute Gasteiger partial charge is 0.256 e. The number of aliphatic hydroxyl groups excluding tert-OH is 1. The minimum Gasteiger partial charge on any atom is -0.391 e. The van der Waals surface area contributed by atoms with Gasteiger partial charge in [-0.15, -0.1) is 0 Å². The number of amides is 2. The first-order valence-corrected chi connectivity index (χ1v) is 11.9. The van der Waals surface area contributed by atoms with Crippen LogP contribution in [0.3, 0.4) is 0 Å². The fraction of sp³-hybridized carbons (Fsp3) is 0.440. The van der Waals surface area contributed by atoms with Crippen LogP contribution in [0.5, 0.6) is 0 Å². The lowest BCUT2D eigenvalue weighted by Gasteiger charge is -2.36. The number of nitrogens with zero attached hydrogens (tertiary/aromatic N) is 1. The normalized spacial score (nSPS) is 20.9. The van der Waals surface area contributed by atoms with E-state index in [1.807, 2.05) is 19.9 Å². The summed E-state index contributed by atoms with van der Waals surface area (Å²) in [6.45, 7) is 4.88. The molecule has 2 fully saturated rings. The Morgan fingerprint density at radius 3 is 2.63 bits per heavy atom. The zero-order valence-corrected chi connectivity index (χ0v) is 20.2. The summed E-state index contributed by atoms with van der Waals surface area (Å²) in [5, 5.41) is 15.9. The van der Waals surface area contributed by atoms with E-state index in [0.717, 1.165) is 17.7 Å². The molecule has 2 aromatic rings. The molecule has 0 radical (unpaired) electrons. The average Bonchev–Trinajstić information content (AvgIpc) is 3.17. The number of carbonyl (C=O) groups is 2. The van der Waals surface area contributed by atoms with Crippen LogP contribution in [0.1, 0.15) is 40.9 Å². The third kappa shape index (κ3) is 5.27. The number of likely N-dealkylation sites (tertiary alicyclic amines) is 1. The number of ether oxygens (including phenoxy) is 1. The molecule has 7 nitrogen and oxygen atoms in total. The fourth-order valence-corrected chi connectivity index (χ4v) is 4.69. The van der Waals surface area contributed by atoms with Gasteiger partial charge in [-0.05, 0) is 38.1 Å². The third-order valence-electron chi connectivity index (χ3n) is 6.42. The number of benzene rings is 2. The molecule has 188 valence electrons. The third-order valence-corrected chi connectivity index (χ3v) is 6.71. The lowest BCUT2D eigenvalue weighted by Crippen LogP contribution is -2.50. The molecule has 3 N–H and O–H groups in total. The maximum Gasteiger partial charge on any atom is 0.256 e. The van der Waals surface area contributed by atoms with Crippen LogP contribution in [-0.2, 0) is 9.53 Å². The van der Waals surface area contributed by atoms with Crippen molar-refractivity contribution in [2.45, 2.75) is 38.5 Å². The van der Waals surface area contributed by atoms with Crippen molar-refractivity contribution in [3.05, 3.63) is 63.7 Å². The average molecular weight is 508 g/mol. The Hall–Kier alpha value is -2.75. The molecule has 0 aromatic heterocycles. The molecule has 0 aliphatic carbocycles. The Bertz CT molecular complexity index is 1130. The van der Waals surface area contributed by atoms with Crippen LogP contribution in [0.2, 0.25) is 5.02 Å². The summed E-state index contributed by atoms with van der Waals surface area (Å²) in [7, 11) is 0. The number of halogens is 3. The van der Waals surface area contributed by atoms with Crippen LogP contribution in [-0.4, -0.2) is 60.3 Å². The van der Waals surface area contributed by atoms with E-state index >= 15 is 0 Å². The topological polar surface area (TPSA) is 90.9 Å². The Morgan fingerprint density at radius 1 is 1.23 bits per heavy atom. The van der Waals surface area contributed by atoms with E-state index in [-0.39, 0.29) is 42.7 Å². The van der Waals surface area contributed by atoms with Crippen molar-refractivity contribution in [1.82, 2.24) is 10.2 Å². The number of hydrogen-bond donors (Lipinski definition) is 3. The lowest BCUT2D eigenvalue weighted by molar-refractivity contribution is -0.128. The number of aryl methyl sites for hydroxylation is 1. The molecular weight excluding hydrogens is 480 g/mol. The molecular formula is C25H28ClF2N3O4. The predicted octanol–water partition coefficient (Wildman–Crippen LogP) is 3.44. The fourth-order valence-electron chi connectivity index (χ4n) is 4.54. The molecule has 2 saturated heterocycles. The van der Waals surface area contributed by atoms with Gasteiger partial charge < -0.3 is 25.4 Å². The van der Waals surface area contributed by atoms with Gasteiger partial charge >= 0.3 is 0 Å². The van der Waals surface area contributed by atoms with E-state index < -0.39 is 41.6 Å². The summed E-state index contributed by atoms with van der Waals surface area (Å²) in [4.78, 5) is 28.2. The number of rotatable bonds is 7. The Labute approximate surface area is 207 Å². The minimum absolute atomic E-state index is 0.0163. The first kappa shape index (κ1) is 25.3. The molecule has 2 amide bonds. The summed E-state index contributed by atoms with van der Waals surface area (Å²) in [6, 6.07) is 5.41. The number of hydrogen-bond acceptors (Lipinski definition) is 5. The molecule has 2 aliphatic heterocycles. The van der Waals surface area contributed by atoms with E-state index in [2.05, 4.69) is 10.6 Å². The van der Waals surface area contributed by atoms with E-state index in [9.17, 15) is 23.5 Å². The van der Waals surface area contributed by atoms with Gasteiger partial charge in [0, 0.05) is 36.7 Å². The van der Waals surface area contributed by atoms with Gasteiger partial charge in [-0.2, -0.15) is 0 Å². The highest BCUT2D eigenvalue weighted by molar-refractivity contribution is 6.30. The molecule has 0 unspecified atom stereocenters. The van der Waals surface area contributed by atoms with E-state index in [4.69, 9.17) is 16.3 Å². The monoisotopic (exact) mass is 507 g/mol. The Balaban J connectivity index is 1.61. The lowest BCUT2D eigenvalue weighted by atomic mass is 9.90. The maximum atomic E-state index is 14.7. The van der Waals surface area contributed by atoms with Gasteiger partial charge in [0.1, 0.15) is 17.7 Å². The summed E-state index contributed by atoms with van der Waals surface area (Å²) in [5.74, 6) is -2.77. The molecule has 3 atom stereocenters. The van der Waals surface area contributed by atoms with Gasteiger partial charge in [0.05, 0.1) is 35.9 Å². The first-order chi connectivity index (χ1) is 16.7. The molecule has 0 spiro atoms. The second kappa shape index (κ2) is 10.5. The van der Waals surface area contributed by atoms with Crippen LogP contribution < -0.4 is 10.6 Å². The highest BCUT2D eigenvalue weighted by Gasteiger charge is 2.42. The number of carbonyl (C=O) groups excluding carboxylic acids is 2. The molecule has 0 saturated carbocycles. The van der Waals surface area contributed by atoms with Crippen LogP contribution in [0.25, 0.3) is 0 Å². The molecule has 2 aromatic carbocycles. The van der Waals surface area contributed by atoms with Gasteiger partial charge in [0.2, 0.25) is 5.91 Å². The zero-order valence-electron chi connectivity index (χ0n) is 19.5. The van der Waals surface area contributed by atoms with Crippen molar-refractivity contribution in [3.63, 3.8) is 0 Å². The van der Waals surface area contributed by atoms with Crippen LogP contribution in [0.15, 0.2) is 30.3 Å². The van der Waals surface area contributed by atoms with Crippen molar-refractivity contribution in [1.29, 1.82) is 0 Å². The van der Waals surface area contributed by atoms with Crippen molar-refractivity contribution < 1.29 is 28.2 Å². The number of β-amino-alcohol motifs (C(OH)–C–C–N with tert-alkyl or cyclic N) is 1. The van der Waals surface area contributed by atoms with Gasteiger partial charge in [0.25, 0.3) is 5.91 Å². The molecule has 35 heavy (non-hydrogen) atoms. The minimum atomic E-state index is -0.976. The molecule has 2 aliphatic rings. The molecule has 4 rings (SSSR count). The van der Waals surface area contributed by atoms with Gasteiger partial charge in [-0.3, -0.25) is 9.59 Å². The predicted molar refractivity (Wildman–Crippen MR) is 127 cm³/mol. The van der Waals surface area contributed by atoms with Crippen molar-refractivity contribution >= 4 is 29.1 Å². The second-order valence-corrected chi connectivity index (χ2v) is 9.42. The number of anilines is 1. The number of nitrogens with one attached hydrogen (secondary N) is 2. The SMILES string of the molecule is CCNc1ccc(C)cc1C(=O)N1C[C@H](O)C[C@@H]1C(=O)N[C@@H](c1cc(F)c(Cl)cc1F)C1COC1. The number of aliphatic hydroxyl groups is 1. The summed E-state index contributed by atoms with van der Waals surface area (Å²) in [5.41, 5.74) is 1.86. The Kier molecular flexibility index (Phi) is 7.59. The largest absolute Gasteiger partial charge is 0.391 e. The molecule has 10 heteroatoms. The summed E-state index contributed by atoms with van der Waals surface area (Å²) >= 11 is 5.70. The van der Waals surface area contributed by atoms with E-state index in [0.29, 0.717) is 17.8 Å². The first-order valence-electron chi connectivity index (χ1n) is 11.6. The van der Waals surface area contributed by atoms with Crippen molar-refractivity contribution in [2.24, 2.45) is 5.92 Å². The van der Waals surface area contributed by atoms with Crippen molar-refractivity contribution in [2.75, 3.05) is 31.6 Å². The van der Waals surface area contributed by atoms with Gasteiger partial charge in [-0.25, -0.2) is 8.78 Å². The quantitative estimate of drug-likeness (QED) is 0.499. The standard InChI is InChI=1S/C25H28ClF2N3O4/c1-3-29-21-5-4-13(2)6-17(21)25(34)31-10-15(32)7-22(31)24(33)30-23(14-11-35-12-14)16-8-20(28)18(26)9-19(16)27/h4-6,8-9,14-15,22-23,29,32H,3,7,10-12H2,1-2H3,(H,30,33)/t15-,22-,23-/m1/s1. The zero-order chi connectivity index (χ0) is 25.3. The second-order valence-electron chi connectivity index (χ2n) is 9.01. The summed E-state index contributed by atoms with van der Waals surface area (Å²) < 4.78 is 34.1. The molecule has 2 heterocycles. The highest BCUT2D eigenvalue weighted by atomic mass is 35.5. The van der Waals surface area contributed by atoms with Crippen molar-refractivity contribution in [3.8, 4) is 0 Å².